The summed E-state index contributed by atoms with van der Waals surface area (Å²) >= 11 is 0. The van der Waals surface area contributed by atoms with Gasteiger partial charge >= 0.3 is 0 Å². The van der Waals surface area contributed by atoms with Crippen LogP contribution in [0, 0.1) is 0 Å². The van der Waals surface area contributed by atoms with Crippen LogP contribution in [0.1, 0.15) is 13.3 Å². The molecule has 20 heavy (non-hydrogen) atoms. The molecule has 6 heteroatoms. The zero-order valence-corrected chi connectivity index (χ0v) is 13.3. The summed E-state index contributed by atoms with van der Waals surface area (Å²) in [6.07, 6.45) is 0.960. The maximum atomic E-state index is 12.2. The van der Waals surface area contributed by atoms with E-state index in [1.807, 2.05) is 25.9 Å². The predicted molar refractivity (Wildman–Crippen MR) is 78.9 cm³/mol. The van der Waals surface area contributed by atoms with Crippen molar-refractivity contribution in [2.75, 3.05) is 67.1 Å². The van der Waals surface area contributed by atoms with E-state index in [-0.39, 0.29) is 18.1 Å². The number of methoxy groups -OCH3 is 1. The molecule has 0 spiro atoms. The zero-order chi connectivity index (χ0) is 15.0. The first-order chi connectivity index (χ1) is 9.47. The van der Waals surface area contributed by atoms with Crippen LogP contribution >= 0.6 is 0 Å². The number of hydrogen-bond donors (Lipinski definition) is 1. The number of hydrogen-bond acceptors (Lipinski definition) is 5. The van der Waals surface area contributed by atoms with Crippen LogP contribution in [-0.2, 0) is 14.3 Å². The first-order valence-corrected chi connectivity index (χ1v) is 7.23. The van der Waals surface area contributed by atoms with Crippen molar-refractivity contribution in [3.63, 3.8) is 0 Å². The van der Waals surface area contributed by atoms with Gasteiger partial charge in [0.2, 0.25) is 5.91 Å². The molecule has 6 nitrogen and oxygen atoms in total. The third-order valence-corrected chi connectivity index (χ3v) is 3.49. The molecule has 0 radical (unpaired) electrons. The molecule has 118 valence electrons. The van der Waals surface area contributed by atoms with Gasteiger partial charge in [-0.05, 0) is 34.0 Å². The minimum atomic E-state index is -0.174. The smallest absolute Gasteiger partial charge is 0.248 e. The molecular weight excluding hydrogens is 258 g/mol. The predicted octanol–water partition coefficient (Wildman–Crippen LogP) is -0.208. The quantitative estimate of drug-likeness (QED) is 0.603. The van der Waals surface area contributed by atoms with Crippen molar-refractivity contribution in [1.29, 1.82) is 0 Å². The topological polar surface area (TPSA) is 54.0 Å². The van der Waals surface area contributed by atoms with Crippen molar-refractivity contribution in [1.82, 2.24) is 15.1 Å². The van der Waals surface area contributed by atoms with Crippen molar-refractivity contribution in [3.8, 4) is 0 Å². The molecule has 0 aromatic rings. The molecule has 1 heterocycles. The summed E-state index contributed by atoms with van der Waals surface area (Å²) in [4.78, 5) is 16.2. The summed E-state index contributed by atoms with van der Waals surface area (Å²) in [5.74, 6) is 0.0499. The molecule has 1 N–H and O–H groups in total. The Morgan fingerprint density at radius 2 is 1.95 bits per heavy atom. The number of ether oxygens (including phenoxy) is 2. The van der Waals surface area contributed by atoms with Crippen LogP contribution < -0.4 is 5.32 Å². The first kappa shape index (κ1) is 17.4. The second-order valence-electron chi connectivity index (χ2n) is 5.87. The van der Waals surface area contributed by atoms with E-state index < -0.39 is 0 Å². The van der Waals surface area contributed by atoms with Crippen molar-refractivity contribution >= 4 is 5.91 Å². The maximum Gasteiger partial charge on any atom is 0.248 e. The minimum Gasteiger partial charge on any atom is -0.383 e. The molecule has 0 aromatic heterocycles. The first-order valence-electron chi connectivity index (χ1n) is 7.23. The van der Waals surface area contributed by atoms with Crippen LogP contribution in [0.2, 0.25) is 0 Å². The summed E-state index contributed by atoms with van der Waals surface area (Å²) < 4.78 is 10.8. The van der Waals surface area contributed by atoms with Crippen molar-refractivity contribution < 1.29 is 14.3 Å². The average molecular weight is 287 g/mol. The van der Waals surface area contributed by atoms with Gasteiger partial charge in [-0.25, -0.2) is 0 Å². The fraction of sp³-hybridized carbons (Fsp3) is 0.929. The van der Waals surface area contributed by atoms with Gasteiger partial charge in [0.05, 0.1) is 12.2 Å². The molecule has 0 bridgehead atoms. The van der Waals surface area contributed by atoms with Gasteiger partial charge in [0.1, 0.15) is 6.61 Å². The Labute approximate surface area is 122 Å². The number of carbonyl (C=O) groups excluding carboxylic acids is 1. The van der Waals surface area contributed by atoms with Crippen LogP contribution in [-0.4, -0.2) is 88.5 Å². The number of nitrogens with zero attached hydrogens (tertiary/aromatic N) is 2. The Balaban J connectivity index is 2.33. The van der Waals surface area contributed by atoms with Gasteiger partial charge in [0.15, 0.2) is 0 Å². The number of rotatable bonds is 10. The molecule has 1 aliphatic rings. The van der Waals surface area contributed by atoms with E-state index in [1.165, 1.54) is 0 Å². The summed E-state index contributed by atoms with van der Waals surface area (Å²) in [5.41, 5.74) is -0.174. The van der Waals surface area contributed by atoms with Crippen LogP contribution in [0.25, 0.3) is 0 Å². The Hall–Kier alpha value is -0.690. The van der Waals surface area contributed by atoms with Gasteiger partial charge in [-0.1, -0.05) is 0 Å². The van der Waals surface area contributed by atoms with Crippen LogP contribution in [0.15, 0.2) is 0 Å². The van der Waals surface area contributed by atoms with Crippen LogP contribution in [0.3, 0.4) is 0 Å². The van der Waals surface area contributed by atoms with E-state index >= 15 is 0 Å². The zero-order valence-electron chi connectivity index (χ0n) is 13.3. The molecule has 1 amide bonds. The largest absolute Gasteiger partial charge is 0.383 e. The number of amides is 1. The van der Waals surface area contributed by atoms with Gasteiger partial charge < -0.3 is 24.6 Å². The highest BCUT2D eigenvalue weighted by Gasteiger charge is 2.33. The number of nitrogens with one attached hydrogen (secondary N) is 1. The Morgan fingerprint density at radius 3 is 2.45 bits per heavy atom. The third kappa shape index (κ3) is 6.17. The van der Waals surface area contributed by atoms with Crippen molar-refractivity contribution in [2.24, 2.45) is 0 Å². The summed E-state index contributed by atoms with van der Waals surface area (Å²) in [6.45, 7) is 6.73. The molecule has 1 aliphatic heterocycles. The minimum absolute atomic E-state index is 0.0499. The van der Waals surface area contributed by atoms with Gasteiger partial charge in [0.25, 0.3) is 0 Å². The van der Waals surface area contributed by atoms with Gasteiger partial charge in [-0.2, -0.15) is 0 Å². The van der Waals surface area contributed by atoms with E-state index in [4.69, 9.17) is 9.47 Å². The third-order valence-electron chi connectivity index (χ3n) is 3.49. The van der Waals surface area contributed by atoms with Gasteiger partial charge in [-0.15, -0.1) is 0 Å². The lowest BCUT2D eigenvalue weighted by atomic mass is 10.0. The molecule has 0 aromatic carbocycles. The van der Waals surface area contributed by atoms with E-state index in [2.05, 4.69) is 10.2 Å². The summed E-state index contributed by atoms with van der Waals surface area (Å²) in [5, 5.41) is 3.16. The molecular formula is C14H29N3O3. The van der Waals surface area contributed by atoms with Crippen molar-refractivity contribution in [2.45, 2.75) is 18.9 Å². The van der Waals surface area contributed by atoms with Crippen molar-refractivity contribution in [3.05, 3.63) is 0 Å². The maximum absolute atomic E-state index is 12.2. The molecule has 1 saturated heterocycles. The lowest BCUT2D eigenvalue weighted by Gasteiger charge is -2.39. The molecule has 0 saturated carbocycles. The normalized spacial score (nSPS) is 17.1. The van der Waals surface area contributed by atoms with E-state index in [1.54, 1.807) is 7.11 Å². The lowest BCUT2D eigenvalue weighted by molar-refractivity contribution is -0.146. The highest BCUT2D eigenvalue weighted by molar-refractivity contribution is 5.77. The molecule has 1 rings (SSSR count). The number of carbonyl (C=O) groups is 1. The summed E-state index contributed by atoms with van der Waals surface area (Å²) in [7, 11) is 5.73. The van der Waals surface area contributed by atoms with Gasteiger partial charge in [0, 0.05) is 33.3 Å². The second kappa shape index (κ2) is 8.56. The fourth-order valence-electron chi connectivity index (χ4n) is 2.05. The standard InChI is InChI=1S/C14H29N3O3/c1-14(11-15-12-14)20-10-13(18)17(8-9-19-4)7-5-6-16(2)3/h15H,5-12H2,1-4H3. The van der Waals surface area contributed by atoms with Crippen LogP contribution in [0.5, 0.6) is 0 Å². The highest BCUT2D eigenvalue weighted by atomic mass is 16.5. The lowest BCUT2D eigenvalue weighted by Crippen LogP contribution is -2.59. The molecule has 0 atom stereocenters. The average Bonchev–Trinajstić information content (AvgIpc) is 2.37. The molecule has 1 fully saturated rings. The van der Waals surface area contributed by atoms with Gasteiger partial charge in [-0.3, -0.25) is 4.79 Å². The van der Waals surface area contributed by atoms with E-state index in [0.717, 1.165) is 32.6 Å². The monoisotopic (exact) mass is 287 g/mol. The Morgan fingerprint density at radius 1 is 1.25 bits per heavy atom. The Kier molecular flexibility index (Phi) is 7.43. The second-order valence-corrected chi connectivity index (χ2v) is 5.87. The van der Waals surface area contributed by atoms with E-state index in [0.29, 0.717) is 13.2 Å². The molecule has 0 aliphatic carbocycles. The fourth-order valence-corrected chi connectivity index (χ4v) is 2.05. The SMILES string of the molecule is COCCN(CCCN(C)C)C(=O)COC1(C)CNC1. The summed E-state index contributed by atoms with van der Waals surface area (Å²) in [6, 6.07) is 0. The highest BCUT2D eigenvalue weighted by Crippen LogP contribution is 2.15. The van der Waals surface area contributed by atoms with Crippen LogP contribution in [0.4, 0.5) is 0 Å². The molecule has 0 unspecified atom stereocenters. The Bertz CT molecular complexity index is 293. The van der Waals surface area contributed by atoms with E-state index in [9.17, 15) is 4.79 Å².